The Labute approximate surface area is 173 Å². The van der Waals surface area contributed by atoms with Gasteiger partial charge in [0.1, 0.15) is 17.5 Å². The van der Waals surface area contributed by atoms with Gasteiger partial charge in [-0.25, -0.2) is 26.5 Å². The maximum Gasteiger partial charge on any atom is 0.242 e. The number of aryl methyl sites for hydroxylation is 2. The monoisotopic (exact) mass is 436 g/mol. The van der Waals surface area contributed by atoms with Crippen LogP contribution in [0.15, 0.2) is 41.3 Å². The summed E-state index contributed by atoms with van der Waals surface area (Å²) in [5, 5.41) is 2.47. The molecular formula is C20H22F2N4O3S. The molecule has 1 N–H and O–H groups in total. The fourth-order valence-corrected chi connectivity index (χ4v) is 4.07. The molecule has 3 aromatic rings. The Morgan fingerprint density at radius 3 is 2.40 bits per heavy atom. The SMILES string of the molecule is CCn1c(CCC(=O)Nc2cc(F)cc(F)c2)nc2cc(S(=O)(=O)N(C)C)ccc21. The van der Waals surface area contributed by atoms with Crippen LogP contribution in [-0.4, -0.2) is 42.3 Å². The molecule has 0 aliphatic rings. The molecule has 2 aromatic carbocycles. The number of benzene rings is 2. The third-order valence-corrected chi connectivity index (χ3v) is 6.43. The Hall–Kier alpha value is -2.85. The predicted molar refractivity (Wildman–Crippen MR) is 110 cm³/mol. The highest BCUT2D eigenvalue weighted by Gasteiger charge is 2.19. The van der Waals surface area contributed by atoms with Crippen molar-refractivity contribution in [2.24, 2.45) is 0 Å². The van der Waals surface area contributed by atoms with E-state index in [4.69, 9.17) is 0 Å². The van der Waals surface area contributed by atoms with Crippen LogP contribution < -0.4 is 5.32 Å². The van der Waals surface area contributed by atoms with Crippen LogP contribution in [-0.2, 0) is 27.8 Å². The zero-order valence-corrected chi connectivity index (χ0v) is 17.6. The normalized spacial score (nSPS) is 11.9. The van der Waals surface area contributed by atoms with Crippen molar-refractivity contribution < 1.29 is 22.0 Å². The van der Waals surface area contributed by atoms with Gasteiger partial charge in [-0.3, -0.25) is 4.79 Å². The number of anilines is 1. The third-order valence-electron chi connectivity index (χ3n) is 4.62. The lowest BCUT2D eigenvalue weighted by Gasteiger charge is -2.11. The van der Waals surface area contributed by atoms with Crippen LogP contribution in [0.2, 0.25) is 0 Å². The largest absolute Gasteiger partial charge is 0.328 e. The van der Waals surface area contributed by atoms with Crippen molar-refractivity contribution >= 4 is 32.7 Å². The fourth-order valence-electron chi connectivity index (χ4n) is 3.15. The van der Waals surface area contributed by atoms with E-state index in [1.54, 1.807) is 6.07 Å². The maximum absolute atomic E-state index is 13.3. The summed E-state index contributed by atoms with van der Waals surface area (Å²) in [7, 11) is -0.673. The number of imidazole rings is 1. The van der Waals surface area contributed by atoms with E-state index >= 15 is 0 Å². The minimum absolute atomic E-state index is 0.0417. The molecule has 0 unspecified atom stereocenters. The van der Waals surface area contributed by atoms with Gasteiger partial charge in [-0.2, -0.15) is 0 Å². The Kier molecular flexibility index (Phi) is 6.18. The molecule has 1 aromatic heterocycles. The Bertz CT molecular complexity index is 1190. The lowest BCUT2D eigenvalue weighted by atomic mass is 10.2. The Morgan fingerprint density at radius 1 is 1.13 bits per heavy atom. The molecule has 3 rings (SSSR count). The topological polar surface area (TPSA) is 84.3 Å². The van der Waals surface area contributed by atoms with Crippen molar-refractivity contribution in [2.75, 3.05) is 19.4 Å². The summed E-state index contributed by atoms with van der Waals surface area (Å²) in [4.78, 5) is 16.8. The molecule has 0 atom stereocenters. The highest BCUT2D eigenvalue weighted by atomic mass is 32.2. The molecule has 0 bridgehead atoms. The number of sulfonamides is 1. The number of carbonyl (C=O) groups excluding carboxylic acids is 1. The van der Waals surface area contributed by atoms with E-state index in [-0.39, 0.29) is 23.4 Å². The average molecular weight is 436 g/mol. The first-order valence-corrected chi connectivity index (χ1v) is 10.7. The van der Waals surface area contributed by atoms with E-state index in [2.05, 4.69) is 10.3 Å². The van der Waals surface area contributed by atoms with Crippen LogP contribution in [0, 0.1) is 11.6 Å². The molecule has 30 heavy (non-hydrogen) atoms. The quantitative estimate of drug-likeness (QED) is 0.617. The molecule has 0 aliphatic carbocycles. The highest BCUT2D eigenvalue weighted by molar-refractivity contribution is 7.89. The minimum atomic E-state index is -3.59. The molecule has 160 valence electrons. The molecule has 1 heterocycles. The van der Waals surface area contributed by atoms with Crippen molar-refractivity contribution in [3.05, 3.63) is 53.9 Å². The van der Waals surface area contributed by atoms with Crippen molar-refractivity contribution in [3.63, 3.8) is 0 Å². The molecule has 0 aliphatic heterocycles. The minimum Gasteiger partial charge on any atom is -0.328 e. The second kappa shape index (κ2) is 8.49. The molecule has 7 nitrogen and oxygen atoms in total. The number of nitrogens with one attached hydrogen (secondary N) is 1. The van der Waals surface area contributed by atoms with Gasteiger partial charge in [-0.05, 0) is 37.3 Å². The number of carbonyl (C=O) groups is 1. The fraction of sp³-hybridized carbons (Fsp3) is 0.300. The number of aromatic nitrogens is 2. The number of amides is 1. The van der Waals surface area contributed by atoms with Crippen molar-refractivity contribution in [3.8, 4) is 0 Å². The average Bonchev–Trinajstić information content (AvgIpc) is 3.02. The van der Waals surface area contributed by atoms with Gasteiger partial charge < -0.3 is 9.88 Å². The summed E-state index contributed by atoms with van der Waals surface area (Å²) in [5.74, 6) is -1.35. The zero-order valence-electron chi connectivity index (χ0n) is 16.8. The van der Waals surface area contributed by atoms with E-state index in [1.807, 2.05) is 11.5 Å². The first-order valence-electron chi connectivity index (χ1n) is 9.29. The van der Waals surface area contributed by atoms with E-state index < -0.39 is 27.6 Å². The van der Waals surface area contributed by atoms with Gasteiger partial charge in [0.05, 0.1) is 15.9 Å². The van der Waals surface area contributed by atoms with Gasteiger partial charge in [0.15, 0.2) is 0 Å². The van der Waals surface area contributed by atoms with Crippen LogP contribution in [0.3, 0.4) is 0 Å². The van der Waals surface area contributed by atoms with E-state index in [1.165, 1.54) is 26.2 Å². The number of fused-ring (bicyclic) bond motifs is 1. The van der Waals surface area contributed by atoms with Gasteiger partial charge in [0.2, 0.25) is 15.9 Å². The number of rotatable bonds is 7. The summed E-state index contributed by atoms with van der Waals surface area (Å²) >= 11 is 0. The Morgan fingerprint density at radius 2 is 1.80 bits per heavy atom. The molecule has 0 saturated heterocycles. The van der Waals surface area contributed by atoms with Gasteiger partial charge in [0.25, 0.3) is 0 Å². The second-order valence-corrected chi connectivity index (χ2v) is 9.07. The van der Waals surface area contributed by atoms with Crippen LogP contribution in [0.1, 0.15) is 19.2 Å². The standard InChI is InChI=1S/C20H22F2N4O3S/c1-4-26-18-6-5-16(30(28,29)25(2)3)12-17(18)24-19(26)7-8-20(27)23-15-10-13(21)9-14(22)11-15/h5-6,9-12H,4,7-8H2,1-3H3,(H,23,27). The zero-order chi connectivity index (χ0) is 22.1. The number of hydrogen-bond acceptors (Lipinski definition) is 4. The number of hydrogen-bond donors (Lipinski definition) is 1. The summed E-state index contributed by atoms with van der Waals surface area (Å²) in [5.41, 5.74) is 1.32. The van der Waals surface area contributed by atoms with Gasteiger partial charge in [-0.1, -0.05) is 0 Å². The van der Waals surface area contributed by atoms with E-state index in [9.17, 15) is 22.0 Å². The van der Waals surface area contributed by atoms with Gasteiger partial charge in [0, 0.05) is 45.2 Å². The highest BCUT2D eigenvalue weighted by Crippen LogP contribution is 2.23. The van der Waals surface area contributed by atoms with Gasteiger partial charge >= 0.3 is 0 Å². The van der Waals surface area contributed by atoms with Crippen molar-refractivity contribution in [1.82, 2.24) is 13.9 Å². The molecule has 0 saturated carbocycles. The van der Waals surface area contributed by atoms with Crippen molar-refractivity contribution in [1.29, 1.82) is 0 Å². The molecular weight excluding hydrogens is 414 g/mol. The molecule has 0 fully saturated rings. The first kappa shape index (κ1) is 21.8. The smallest absolute Gasteiger partial charge is 0.242 e. The van der Waals surface area contributed by atoms with E-state index in [0.29, 0.717) is 17.9 Å². The lowest BCUT2D eigenvalue weighted by molar-refractivity contribution is -0.116. The van der Waals surface area contributed by atoms with E-state index in [0.717, 1.165) is 28.0 Å². The molecule has 1 amide bonds. The van der Waals surface area contributed by atoms with Crippen LogP contribution >= 0.6 is 0 Å². The number of nitrogens with zero attached hydrogens (tertiary/aromatic N) is 3. The lowest BCUT2D eigenvalue weighted by Crippen LogP contribution is -2.22. The molecule has 0 spiro atoms. The maximum atomic E-state index is 13.3. The summed E-state index contributed by atoms with van der Waals surface area (Å²) in [6.45, 7) is 2.51. The van der Waals surface area contributed by atoms with Gasteiger partial charge in [-0.15, -0.1) is 0 Å². The number of halogens is 2. The van der Waals surface area contributed by atoms with Crippen LogP contribution in [0.25, 0.3) is 11.0 Å². The summed E-state index contributed by atoms with van der Waals surface area (Å²) in [6.07, 6.45) is 0.326. The second-order valence-electron chi connectivity index (χ2n) is 6.92. The van der Waals surface area contributed by atoms with Crippen LogP contribution in [0.5, 0.6) is 0 Å². The molecule has 10 heteroatoms. The van der Waals surface area contributed by atoms with Crippen molar-refractivity contribution in [2.45, 2.75) is 31.2 Å². The first-order chi connectivity index (χ1) is 14.1. The Balaban J connectivity index is 1.80. The molecule has 0 radical (unpaired) electrons. The van der Waals surface area contributed by atoms with Crippen LogP contribution in [0.4, 0.5) is 14.5 Å². The summed E-state index contributed by atoms with van der Waals surface area (Å²) < 4.78 is 54.3. The summed E-state index contributed by atoms with van der Waals surface area (Å²) in [6, 6.07) is 7.53. The predicted octanol–water partition coefficient (Wildman–Crippen LogP) is 3.16. The third kappa shape index (κ3) is 4.49.